The maximum absolute atomic E-state index is 15.0. The van der Waals surface area contributed by atoms with E-state index in [1.165, 1.54) is 97.8 Å². The topological polar surface area (TPSA) is 157 Å². The van der Waals surface area contributed by atoms with Crippen LogP contribution in [-0.4, -0.2) is 47.1 Å². The molecule has 13 heteroatoms. The van der Waals surface area contributed by atoms with Crippen LogP contribution in [0.15, 0.2) is 145 Å². The molecular formula is C39H23N5O7S. The van der Waals surface area contributed by atoms with E-state index in [2.05, 4.69) is 15.0 Å². The van der Waals surface area contributed by atoms with Crippen LogP contribution in [0.25, 0.3) is 21.5 Å². The number of ether oxygens (including phenoxy) is 1. The lowest BCUT2D eigenvalue weighted by Gasteiger charge is -2.25. The molecule has 0 saturated carbocycles. The van der Waals surface area contributed by atoms with Gasteiger partial charge in [-0.2, -0.15) is 4.31 Å². The van der Waals surface area contributed by atoms with Gasteiger partial charge in [0.2, 0.25) is 0 Å². The molecule has 0 radical (unpaired) electrons. The van der Waals surface area contributed by atoms with E-state index < -0.39 is 33.7 Å². The molecule has 8 rings (SSSR count). The summed E-state index contributed by atoms with van der Waals surface area (Å²) in [4.78, 5) is 67.3. The first-order valence-corrected chi connectivity index (χ1v) is 17.2. The minimum absolute atomic E-state index is 0.0170. The summed E-state index contributed by atoms with van der Waals surface area (Å²) in [5, 5.41) is 1.00. The first-order chi connectivity index (χ1) is 25.3. The normalized spacial score (nSPS) is 12.2. The van der Waals surface area contributed by atoms with Gasteiger partial charge in [0, 0.05) is 58.7 Å². The van der Waals surface area contributed by atoms with E-state index in [1.54, 1.807) is 42.5 Å². The molecule has 0 saturated heterocycles. The number of anilines is 2. The van der Waals surface area contributed by atoms with Crippen molar-refractivity contribution in [1.82, 2.24) is 15.0 Å². The average Bonchev–Trinajstić information content (AvgIpc) is 3.48. The van der Waals surface area contributed by atoms with Gasteiger partial charge in [-0.05, 0) is 66.7 Å². The summed E-state index contributed by atoms with van der Waals surface area (Å²) >= 11 is 0. The van der Waals surface area contributed by atoms with Crippen LogP contribution >= 0.6 is 0 Å². The molecule has 0 fully saturated rings. The molecule has 0 unspecified atom stereocenters. The lowest BCUT2D eigenvalue weighted by molar-refractivity contribution is 0.0735. The van der Waals surface area contributed by atoms with Gasteiger partial charge in [-0.15, -0.1) is 0 Å². The van der Waals surface area contributed by atoms with E-state index >= 15 is 8.42 Å². The van der Waals surface area contributed by atoms with Crippen molar-refractivity contribution in [2.24, 2.45) is 0 Å². The Bertz CT molecular complexity index is 2710. The van der Waals surface area contributed by atoms with Crippen molar-refractivity contribution in [2.75, 3.05) is 9.21 Å². The van der Waals surface area contributed by atoms with Crippen LogP contribution in [0.1, 0.15) is 41.4 Å². The van der Waals surface area contributed by atoms with Crippen LogP contribution in [0.4, 0.5) is 11.4 Å². The fourth-order valence-electron chi connectivity index (χ4n) is 6.22. The number of rotatable bonds is 7. The Kier molecular flexibility index (Phi) is 7.81. The highest BCUT2D eigenvalue weighted by Crippen LogP contribution is 2.43. The van der Waals surface area contributed by atoms with Crippen LogP contribution in [-0.2, 0) is 10.0 Å². The Morgan fingerprint density at radius 1 is 0.635 bits per heavy atom. The van der Waals surface area contributed by atoms with Gasteiger partial charge in [0.05, 0.1) is 38.5 Å². The quantitative estimate of drug-likeness (QED) is 0.106. The number of aromatic nitrogens is 3. The second-order valence-corrected chi connectivity index (χ2v) is 13.3. The third-order valence-corrected chi connectivity index (χ3v) is 10.3. The molecule has 4 aromatic carbocycles. The third kappa shape index (κ3) is 5.23. The first-order valence-electron chi connectivity index (χ1n) is 15.7. The van der Waals surface area contributed by atoms with Crippen molar-refractivity contribution in [1.29, 1.82) is 0 Å². The predicted molar refractivity (Wildman–Crippen MR) is 191 cm³/mol. The highest BCUT2D eigenvalue weighted by molar-refractivity contribution is 7.93. The standard InChI is InChI=1S/C39H23N5O7S/c45-36(24-7-4-18-40-21-24)43-32-15-17-34(29-12-3-13-30(35(29)32)38(43)47)52(49,50)44(37(46)25-8-5-19-41-22-25)31-14-16-33(28-11-2-1-10-27(28)31)51-39(48)26-9-6-20-42-23-26/h1-23H. The number of amides is 3. The number of nitrogens with zero attached hydrogens (tertiary/aromatic N) is 5. The van der Waals surface area contributed by atoms with Crippen molar-refractivity contribution < 1.29 is 32.3 Å². The van der Waals surface area contributed by atoms with Crippen molar-refractivity contribution in [3.05, 3.63) is 163 Å². The molecule has 7 aromatic rings. The molecule has 252 valence electrons. The van der Waals surface area contributed by atoms with Gasteiger partial charge in [0.25, 0.3) is 27.7 Å². The third-order valence-electron chi connectivity index (χ3n) is 8.56. The number of esters is 1. The summed E-state index contributed by atoms with van der Waals surface area (Å²) in [5.74, 6) is -2.72. The van der Waals surface area contributed by atoms with E-state index in [-0.39, 0.29) is 60.4 Å². The number of hydrogen-bond acceptors (Lipinski definition) is 10. The second kappa shape index (κ2) is 12.6. The molecule has 12 nitrogen and oxygen atoms in total. The SMILES string of the molecule is O=C(Oc1ccc(N(C(=O)c2cccnc2)S(=O)(=O)c2ccc3c4c(cccc24)C(=O)N3C(=O)c2cccnc2)c2ccccc12)c1cccnc1. The number of fused-ring (bicyclic) bond motifs is 1. The van der Waals surface area contributed by atoms with E-state index in [4.69, 9.17) is 4.74 Å². The smallest absolute Gasteiger partial charge is 0.345 e. The minimum Gasteiger partial charge on any atom is -0.422 e. The Balaban J connectivity index is 1.30. The molecule has 0 spiro atoms. The largest absolute Gasteiger partial charge is 0.422 e. The molecule has 0 N–H and O–H groups in total. The zero-order chi connectivity index (χ0) is 36.0. The number of pyridine rings is 3. The number of carbonyl (C=O) groups excluding carboxylic acids is 4. The Hall–Kier alpha value is -7.12. The lowest BCUT2D eigenvalue weighted by Crippen LogP contribution is -2.37. The van der Waals surface area contributed by atoms with Crippen LogP contribution in [0.3, 0.4) is 0 Å². The summed E-state index contributed by atoms with van der Waals surface area (Å²) in [6, 6.07) is 25.8. The van der Waals surface area contributed by atoms with Gasteiger partial charge in [0.1, 0.15) is 5.75 Å². The van der Waals surface area contributed by atoms with Crippen molar-refractivity contribution >= 4 is 66.6 Å². The average molecular weight is 706 g/mol. The van der Waals surface area contributed by atoms with E-state index in [9.17, 15) is 19.2 Å². The highest BCUT2D eigenvalue weighted by Gasteiger charge is 2.39. The molecule has 1 aliphatic heterocycles. The number of hydrogen-bond donors (Lipinski definition) is 0. The van der Waals surface area contributed by atoms with Gasteiger partial charge in [-0.1, -0.05) is 36.4 Å². The molecule has 1 aliphatic rings. The molecule has 52 heavy (non-hydrogen) atoms. The maximum Gasteiger partial charge on any atom is 0.345 e. The van der Waals surface area contributed by atoms with Gasteiger partial charge in [-0.3, -0.25) is 29.3 Å². The van der Waals surface area contributed by atoms with E-state index in [1.807, 2.05) is 0 Å². The monoisotopic (exact) mass is 705 g/mol. The summed E-state index contributed by atoms with van der Waals surface area (Å²) in [5.41, 5.74) is 0.645. The van der Waals surface area contributed by atoms with Crippen LogP contribution in [0, 0.1) is 0 Å². The molecule has 3 amide bonds. The molecule has 0 aliphatic carbocycles. The first kappa shape index (κ1) is 32.1. The number of imide groups is 1. The zero-order valence-electron chi connectivity index (χ0n) is 26.8. The van der Waals surface area contributed by atoms with Crippen molar-refractivity contribution in [3.63, 3.8) is 0 Å². The molecule has 0 atom stereocenters. The number of carbonyl (C=O) groups is 4. The van der Waals surface area contributed by atoms with Gasteiger partial charge < -0.3 is 4.74 Å². The summed E-state index contributed by atoms with van der Waals surface area (Å²) in [6.45, 7) is 0. The molecular weight excluding hydrogens is 683 g/mol. The summed E-state index contributed by atoms with van der Waals surface area (Å²) < 4.78 is 36.5. The van der Waals surface area contributed by atoms with Crippen molar-refractivity contribution in [2.45, 2.75) is 4.90 Å². The van der Waals surface area contributed by atoms with E-state index in [0.29, 0.717) is 9.69 Å². The Labute approximate surface area is 295 Å². The van der Waals surface area contributed by atoms with Crippen LogP contribution in [0.2, 0.25) is 0 Å². The highest BCUT2D eigenvalue weighted by atomic mass is 32.2. The predicted octanol–water partition coefficient (Wildman–Crippen LogP) is 6.23. The van der Waals surface area contributed by atoms with Crippen molar-refractivity contribution in [3.8, 4) is 5.75 Å². The molecule has 3 aromatic heterocycles. The Morgan fingerprint density at radius 3 is 1.94 bits per heavy atom. The number of benzene rings is 4. The summed E-state index contributed by atoms with van der Waals surface area (Å²) in [6.07, 6.45) is 8.43. The summed E-state index contributed by atoms with van der Waals surface area (Å²) in [7, 11) is -4.80. The fraction of sp³-hybridized carbons (Fsp3) is 0. The Morgan fingerprint density at radius 2 is 1.27 bits per heavy atom. The maximum atomic E-state index is 15.0. The lowest BCUT2D eigenvalue weighted by atomic mass is 10.1. The van der Waals surface area contributed by atoms with Gasteiger partial charge in [-0.25, -0.2) is 18.1 Å². The van der Waals surface area contributed by atoms with E-state index in [0.717, 1.165) is 4.90 Å². The fourth-order valence-corrected chi connectivity index (χ4v) is 7.84. The second-order valence-electron chi connectivity index (χ2n) is 11.6. The van der Waals surface area contributed by atoms with Crippen LogP contribution in [0.5, 0.6) is 5.75 Å². The molecule has 0 bridgehead atoms. The van der Waals surface area contributed by atoms with Gasteiger partial charge >= 0.3 is 5.97 Å². The minimum atomic E-state index is -4.80. The van der Waals surface area contributed by atoms with Gasteiger partial charge in [0.15, 0.2) is 0 Å². The molecule has 4 heterocycles. The zero-order valence-corrected chi connectivity index (χ0v) is 27.6. The number of sulfonamides is 1. The van der Waals surface area contributed by atoms with Crippen LogP contribution < -0.4 is 13.9 Å².